The molecule has 0 aliphatic heterocycles. The summed E-state index contributed by atoms with van der Waals surface area (Å²) in [7, 11) is 0. The van der Waals surface area contributed by atoms with Crippen LogP contribution in [-0.2, 0) is 4.74 Å². The Kier molecular flexibility index (Phi) is 6.23. The van der Waals surface area contributed by atoms with Crippen molar-refractivity contribution in [1.82, 2.24) is 9.97 Å². The summed E-state index contributed by atoms with van der Waals surface area (Å²) in [5.74, 6) is -0.733. The minimum atomic E-state index is -2.52. The fraction of sp³-hybridized carbons (Fsp3) is 0.583. The maximum atomic E-state index is 11.8. The van der Waals surface area contributed by atoms with Gasteiger partial charge < -0.3 is 15.2 Å². The molecule has 6 nitrogen and oxygen atoms in total. The minimum Gasteiger partial charge on any atom is -0.476 e. The highest BCUT2D eigenvalue weighted by Gasteiger charge is 2.15. The molecule has 0 aliphatic carbocycles. The third kappa shape index (κ3) is 5.04. The molecule has 8 heteroatoms. The monoisotopic (exact) mass is 289 g/mol. The first-order valence-corrected chi connectivity index (χ1v) is 6.11. The van der Waals surface area contributed by atoms with Gasteiger partial charge in [0.25, 0.3) is 6.43 Å². The smallest absolute Gasteiger partial charge is 0.356 e. The maximum absolute atomic E-state index is 11.8. The summed E-state index contributed by atoms with van der Waals surface area (Å²) in [5, 5.41) is 11.8. The number of carbonyl (C=O) groups is 1. The van der Waals surface area contributed by atoms with Crippen LogP contribution in [0.1, 0.15) is 36.1 Å². The molecule has 0 spiro atoms. The first-order chi connectivity index (χ1) is 9.41. The molecule has 112 valence electrons. The van der Waals surface area contributed by atoms with E-state index in [1.807, 2.05) is 13.8 Å². The largest absolute Gasteiger partial charge is 0.476 e. The van der Waals surface area contributed by atoms with Crippen LogP contribution in [0.15, 0.2) is 6.20 Å². The number of aromatic carboxylic acids is 1. The molecule has 0 aliphatic rings. The van der Waals surface area contributed by atoms with Crippen molar-refractivity contribution in [3.05, 3.63) is 17.7 Å². The lowest BCUT2D eigenvalue weighted by atomic mass is 10.2. The van der Waals surface area contributed by atoms with Crippen LogP contribution in [0.3, 0.4) is 0 Å². The second-order valence-electron chi connectivity index (χ2n) is 4.34. The van der Waals surface area contributed by atoms with Gasteiger partial charge in [0.15, 0.2) is 5.69 Å². The second kappa shape index (κ2) is 7.68. The molecule has 0 saturated heterocycles. The zero-order chi connectivity index (χ0) is 15.1. The maximum Gasteiger partial charge on any atom is 0.356 e. The Labute approximate surface area is 115 Å². The van der Waals surface area contributed by atoms with Gasteiger partial charge in [-0.1, -0.05) is 13.8 Å². The quantitative estimate of drug-likeness (QED) is 0.712. The summed E-state index contributed by atoms with van der Waals surface area (Å²) in [4.78, 5) is 19.1. The number of anilines is 1. The first kappa shape index (κ1) is 16.2. The van der Waals surface area contributed by atoms with E-state index >= 15 is 0 Å². The molecule has 0 amide bonds. The number of halogens is 2. The Hall–Kier alpha value is -1.83. The van der Waals surface area contributed by atoms with E-state index in [2.05, 4.69) is 20.0 Å². The van der Waals surface area contributed by atoms with Crippen LogP contribution < -0.4 is 5.32 Å². The van der Waals surface area contributed by atoms with E-state index in [0.29, 0.717) is 5.82 Å². The zero-order valence-corrected chi connectivity index (χ0v) is 11.3. The molecule has 0 saturated carbocycles. The number of nitrogens with zero attached hydrogens (tertiary/aromatic N) is 2. The average Bonchev–Trinajstić information content (AvgIpc) is 2.37. The molecule has 0 bridgehead atoms. The van der Waals surface area contributed by atoms with Gasteiger partial charge in [-0.25, -0.2) is 23.5 Å². The fourth-order valence-corrected chi connectivity index (χ4v) is 1.40. The number of ether oxygens (including phenoxy) is 1. The van der Waals surface area contributed by atoms with E-state index in [9.17, 15) is 13.6 Å². The molecular formula is C12H17F2N3O3. The molecule has 1 rings (SSSR count). The van der Waals surface area contributed by atoms with Crippen molar-refractivity contribution in [1.29, 1.82) is 0 Å². The first-order valence-electron chi connectivity index (χ1n) is 6.11. The van der Waals surface area contributed by atoms with Gasteiger partial charge in [0.2, 0.25) is 0 Å². The summed E-state index contributed by atoms with van der Waals surface area (Å²) in [5.41, 5.74) is 0.0973. The number of nitrogens with one attached hydrogen (secondary N) is 1. The number of carboxylic acid groups (broad SMARTS) is 1. The molecule has 0 radical (unpaired) electrons. The van der Waals surface area contributed by atoms with Crippen molar-refractivity contribution in [3.63, 3.8) is 0 Å². The van der Waals surface area contributed by atoms with Gasteiger partial charge in [-0.05, 0) is 0 Å². The molecule has 1 heterocycles. The van der Waals surface area contributed by atoms with Crippen molar-refractivity contribution in [2.75, 3.05) is 25.1 Å². The Bertz CT molecular complexity index is 456. The van der Waals surface area contributed by atoms with E-state index in [4.69, 9.17) is 5.11 Å². The lowest BCUT2D eigenvalue weighted by Gasteiger charge is -2.11. The van der Waals surface area contributed by atoms with Crippen molar-refractivity contribution < 1.29 is 23.4 Å². The molecule has 2 N–H and O–H groups in total. The van der Waals surface area contributed by atoms with Gasteiger partial charge in [0.05, 0.1) is 18.5 Å². The van der Waals surface area contributed by atoms with Crippen LogP contribution >= 0.6 is 0 Å². The lowest BCUT2D eigenvalue weighted by molar-refractivity contribution is 0.0215. The third-order valence-electron chi connectivity index (χ3n) is 2.33. The van der Waals surface area contributed by atoms with Crippen LogP contribution in [0.4, 0.5) is 14.5 Å². The highest BCUT2D eigenvalue weighted by molar-refractivity contribution is 5.91. The SMILES string of the molecule is CC(C)c1ncc(NCCOCC(F)F)c(C(=O)O)n1. The average molecular weight is 289 g/mol. The van der Waals surface area contributed by atoms with Crippen molar-refractivity contribution in [2.24, 2.45) is 0 Å². The Morgan fingerprint density at radius 1 is 1.50 bits per heavy atom. The van der Waals surface area contributed by atoms with Gasteiger partial charge in [0.1, 0.15) is 12.4 Å². The number of hydrogen-bond acceptors (Lipinski definition) is 5. The second-order valence-corrected chi connectivity index (χ2v) is 4.34. The Morgan fingerprint density at radius 2 is 2.20 bits per heavy atom. The number of carboxylic acids is 1. The summed E-state index contributed by atoms with van der Waals surface area (Å²) in [6.07, 6.45) is -1.14. The van der Waals surface area contributed by atoms with E-state index in [0.717, 1.165) is 0 Å². The number of hydrogen-bond donors (Lipinski definition) is 2. The molecule has 0 aromatic carbocycles. The number of rotatable bonds is 8. The summed E-state index contributed by atoms with van der Waals surface area (Å²) < 4.78 is 28.3. The third-order valence-corrected chi connectivity index (χ3v) is 2.33. The fourth-order valence-electron chi connectivity index (χ4n) is 1.40. The van der Waals surface area contributed by atoms with Gasteiger partial charge in [-0.2, -0.15) is 0 Å². The standard InChI is InChI=1S/C12H17F2N3O3/c1-7(2)11-16-5-8(10(17-11)12(18)19)15-3-4-20-6-9(13)14/h5,7,9,15H,3-4,6H2,1-2H3,(H,18,19). The molecule has 0 atom stereocenters. The van der Waals surface area contributed by atoms with E-state index < -0.39 is 19.0 Å². The topological polar surface area (TPSA) is 84.3 Å². The minimum absolute atomic E-state index is 0.0107. The lowest BCUT2D eigenvalue weighted by Crippen LogP contribution is -2.16. The summed E-state index contributed by atoms with van der Waals surface area (Å²) >= 11 is 0. The normalized spacial score (nSPS) is 11.1. The van der Waals surface area contributed by atoms with Crippen LogP contribution in [-0.4, -0.2) is 47.2 Å². The molecular weight excluding hydrogens is 272 g/mol. The molecule has 1 aromatic rings. The highest BCUT2D eigenvalue weighted by atomic mass is 19.3. The highest BCUT2D eigenvalue weighted by Crippen LogP contribution is 2.16. The van der Waals surface area contributed by atoms with E-state index in [-0.39, 0.29) is 30.5 Å². The van der Waals surface area contributed by atoms with Crippen molar-refractivity contribution >= 4 is 11.7 Å². The van der Waals surface area contributed by atoms with Gasteiger partial charge in [-0.3, -0.25) is 0 Å². The summed E-state index contributed by atoms with van der Waals surface area (Å²) in [6.45, 7) is 3.29. The predicted octanol–water partition coefficient (Wildman–Crippen LogP) is 1.99. The summed E-state index contributed by atoms with van der Waals surface area (Å²) in [6, 6.07) is 0. The van der Waals surface area contributed by atoms with Gasteiger partial charge >= 0.3 is 5.97 Å². The van der Waals surface area contributed by atoms with Gasteiger partial charge in [-0.15, -0.1) is 0 Å². The van der Waals surface area contributed by atoms with E-state index in [1.165, 1.54) is 6.20 Å². The molecule has 1 aromatic heterocycles. The number of aromatic nitrogens is 2. The van der Waals surface area contributed by atoms with Crippen LogP contribution in [0, 0.1) is 0 Å². The molecule has 0 unspecified atom stereocenters. The Morgan fingerprint density at radius 3 is 2.75 bits per heavy atom. The molecule has 0 fully saturated rings. The van der Waals surface area contributed by atoms with Crippen LogP contribution in [0.2, 0.25) is 0 Å². The van der Waals surface area contributed by atoms with Crippen molar-refractivity contribution in [2.45, 2.75) is 26.2 Å². The van der Waals surface area contributed by atoms with Crippen LogP contribution in [0.25, 0.3) is 0 Å². The predicted molar refractivity (Wildman–Crippen MR) is 68.4 cm³/mol. The van der Waals surface area contributed by atoms with Crippen molar-refractivity contribution in [3.8, 4) is 0 Å². The zero-order valence-electron chi connectivity index (χ0n) is 11.3. The van der Waals surface area contributed by atoms with Crippen LogP contribution in [0.5, 0.6) is 0 Å². The Balaban J connectivity index is 2.63. The van der Waals surface area contributed by atoms with Gasteiger partial charge in [0, 0.05) is 12.5 Å². The number of alkyl halides is 2. The molecule has 20 heavy (non-hydrogen) atoms. The van der Waals surface area contributed by atoms with E-state index in [1.54, 1.807) is 0 Å².